The number of anilines is 1. The number of nitriles is 1. The highest BCUT2D eigenvalue weighted by Crippen LogP contribution is 2.26. The van der Waals surface area contributed by atoms with Crippen molar-refractivity contribution < 1.29 is 4.39 Å². The van der Waals surface area contributed by atoms with E-state index in [1.807, 2.05) is 6.07 Å². The second kappa shape index (κ2) is 3.83. The lowest BCUT2D eigenvalue weighted by Crippen LogP contribution is -2.01. The summed E-state index contributed by atoms with van der Waals surface area (Å²) in [6.07, 6.45) is 2.69. The zero-order chi connectivity index (χ0) is 11.7. The predicted molar refractivity (Wildman–Crippen MR) is 57.7 cm³/mol. The summed E-state index contributed by atoms with van der Waals surface area (Å²) in [6.45, 7) is 0. The quantitative estimate of drug-likeness (QED) is 0.771. The molecule has 0 saturated heterocycles. The number of hydrogen-bond donors (Lipinski definition) is 1. The van der Waals surface area contributed by atoms with E-state index in [0.717, 1.165) is 0 Å². The molecule has 2 aromatic rings. The molecule has 80 valence electrons. The normalized spacial score (nSPS) is 10.1. The molecule has 1 aromatic heterocycles. The minimum atomic E-state index is -0.636. The van der Waals surface area contributed by atoms with Crippen LogP contribution in [0.5, 0.6) is 0 Å². The van der Waals surface area contributed by atoms with E-state index in [-0.39, 0.29) is 22.1 Å². The molecule has 1 aromatic carbocycles. The Balaban J connectivity index is 2.64. The average molecular weight is 237 g/mol. The van der Waals surface area contributed by atoms with E-state index < -0.39 is 5.82 Å². The molecule has 6 heteroatoms. The SMILES string of the molecule is N#Cc1cn(-c2c(N)ccc(Cl)c2F)cn1. The van der Waals surface area contributed by atoms with Crippen molar-refractivity contribution in [2.45, 2.75) is 0 Å². The Morgan fingerprint density at radius 3 is 2.88 bits per heavy atom. The number of nitrogens with zero attached hydrogens (tertiary/aromatic N) is 3. The molecule has 0 unspecified atom stereocenters. The maximum Gasteiger partial charge on any atom is 0.167 e. The monoisotopic (exact) mass is 236 g/mol. The van der Waals surface area contributed by atoms with E-state index in [2.05, 4.69) is 4.98 Å². The van der Waals surface area contributed by atoms with Gasteiger partial charge in [-0.3, -0.25) is 0 Å². The first-order valence-electron chi connectivity index (χ1n) is 4.31. The summed E-state index contributed by atoms with van der Waals surface area (Å²) in [5.41, 5.74) is 6.15. The summed E-state index contributed by atoms with van der Waals surface area (Å²) >= 11 is 5.65. The van der Waals surface area contributed by atoms with Crippen LogP contribution in [0.4, 0.5) is 10.1 Å². The Morgan fingerprint density at radius 2 is 2.25 bits per heavy atom. The van der Waals surface area contributed by atoms with Gasteiger partial charge in [0, 0.05) is 6.20 Å². The van der Waals surface area contributed by atoms with E-state index in [0.29, 0.717) is 0 Å². The van der Waals surface area contributed by atoms with Gasteiger partial charge in [-0.1, -0.05) is 11.6 Å². The molecule has 0 aliphatic carbocycles. The van der Waals surface area contributed by atoms with Gasteiger partial charge in [-0.05, 0) is 12.1 Å². The maximum absolute atomic E-state index is 13.7. The van der Waals surface area contributed by atoms with Crippen LogP contribution in [0.1, 0.15) is 5.69 Å². The number of rotatable bonds is 1. The van der Waals surface area contributed by atoms with Gasteiger partial charge < -0.3 is 10.3 Å². The number of nitrogens with two attached hydrogens (primary N) is 1. The number of aromatic nitrogens is 2. The third-order valence-corrected chi connectivity index (χ3v) is 2.35. The Hall–Kier alpha value is -2.06. The first-order valence-corrected chi connectivity index (χ1v) is 4.69. The fraction of sp³-hybridized carbons (Fsp3) is 0. The van der Waals surface area contributed by atoms with Gasteiger partial charge in [0.2, 0.25) is 0 Å². The number of benzene rings is 1. The van der Waals surface area contributed by atoms with Crippen LogP contribution in [-0.2, 0) is 0 Å². The van der Waals surface area contributed by atoms with Crippen LogP contribution in [0.3, 0.4) is 0 Å². The van der Waals surface area contributed by atoms with Crippen molar-refractivity contribution in [2.24, 2.45) is 0 Å². The van der Waals surface area contributed by atoms with Gasteiger partial charge in [0.15, 0.2) is 11.5 Å². The molecule has 0 amide bonds. The lowest BCUT2D eigenvalue weighted by Gasteiger charge is -2.08. The van der Waals surface area contributed by atoms with Gasteiger partial charge in [-0.25, -0.2) is 9.37 Å². The molecule has 16 heavy (non-hydrogen) atoms. The van der Waals surface area contributed by atoms with Gasteiger partial charge >= 0.3 is 0 Å². The maximum atomic E-state index is 13.7. The fourth-order valence-corrected chi connectivity index (χ4v) is 1.47. The summed E-state index contributed by atoms with van der Waals surface area (Å²) in [4.78, 5) is 3.76. The molecular weight excluding hydrogens is 231 g/mol. The van der Waals surface area contributed by atoms with Crippen molar-refractivity contribution >= 4 is 17.3 Å². The summed E-state index contributed by atoms with van der Waals surface area (Å²) in [5.74, 6) is -0.636. The van der Waals surface area contributed by atoms with Crippen molar-refractivity contribution in [1.29, 1.82) is 5.26 Å². The number of imidazole rings is 1. The molecule has 0 aliphatic rings. The molecular formula is C10H6ClFN4. The van der Waals surface area contributed by atoms with Gasteiger partial charge in [-0.15, -0.1) is 0 Å². The smallest absolute Gasteiger partial charge is 0.167 e. The average Bonchev–Trinajstić information content (AvgIpc) is 2.73. The molecule has 4 nitrogen and oxygen atoms in total. The number of halogens is 2. The highest BCUT2D eigenvalue weighted by Gasteiger charge is 2.13. The number of hydrogen-bond acceptors (Lipinski definition) is 3. The second-order valence-corrected chi connectivity index (χ2v) is 3.48. The zero-order valence-corrected chi connectivity index (χ0v) is 8.74. The summed E-state index contributed by atoms with van der Waals surface area (Å²) in [5, 5.41) is 8.58. The van der Waals surface area contributed by atoms with Crippen LogP contribution >= 0.6 is 11.6 Å². The number of nitrogen functional groups attached to an aromatic ring is 1. The molecule has 0 fully saturated rings. The Labute approximate surface area is 95.7 Å². The van der Waals surface area contributed by atoms with Crippen LogP contribution in [0.2, 0.25) is 5.02 Å². The third kappa shape index (κ3) is 1.59. The van der Waals surface area contributed by atoms with Gasteiger partial charge in [0.1, 0.15) is 18.1 Å². The Bertz CT molecular complexity index is 585. The second-order valence-electron chi connectivity index (χ2n) is 3.08. The van der Waals surface area contributed by atoms with Crippen LogP contribution in [0.25, 0.3) is 5.69 Å². The largest absolute Gasteiger partial charge is 0.397 e. The van der Waals surface area contributed by atoms with E-state index in [1.54, 1.807) is 0 Å². The predicted octanol–water partition coefficient (Wildman–Crippen LogP) is 2.12. The van der Waals surface area contributed by atoms with E-state index in [1.165, 1.54) is 29.2 Å². The lowest BCUT2D eigenvalue weighted by atomic mass is 10.2. The van der Waals surface area contributed by atoms with Crippen molar-refractivity contribution in [3.63, 3.8) is 0 Å². The minimum absolute atomic E-state index is 0.0311. The highest BCUT2D eigenvalue weighted by molar-refractivity contribution is 6.31. The van der Waals surface area contributed by atoms with Crippen molar-refractivity contribution in [1.82, 2.24) is 9.55 Å². The molecule has 0 aliphatic heterocycles. The Morgan fingerprint density at radius 1 is 1.50 bits per heavy atom. The molecule has 0 spiro atoms. The first kappa shape index (κ1) is 10.5. The standard InChI is InChI=1S/C10H6ClFN4/c11-7-1-2-8(14)10(9(7)12)16-4-6(3-13)15-5-16/h1-2,4-5H,14H2. The van der Waals surface area contributed by atoms with Crippen molar-refractivity contribution in [3.8, 4) is 11.8 Å². The first-order chi connectivity index (χ1) is 7.63. The minimum Gasteiger partial charge on any atom is -0.397 e. The molecule has 0 radical (unpaired) electrons. The van der Waals surface area contributed by atoms with E-state index in [9.17, 15) is 4.39 Å². The molecule has 0 saturated carbocycles. The molecule has 0 bridgehead atoms. The lowest BCUT2D eigenvalue weighted by molar-refractivity contribution is 0.619. The van der Waals surface area contributed by atoms with E-state index >= 15 is 0 Å². The van der Waals surface area contributed by atoms with Crippen molar-refractivity contribution in [2.75, 3.05) is 5.73 Å². The summed E-state index contributed by atoms with van der Waals surface area (Å²) < 4.78 is 15.0. The van der Waals surface area contributed by atoms with Gasteiger partial charge in [0.25, 0.3) is 0 Å². The molecule has 2 rings (SSSR count). The molecule has 0 atom stereocenters. The van der Waals surface area contributed by atoms with Crippen LogP contribution in [0, 0.1) is 17.1 Å². The molecule has 1 heterocycles. The van der Waals surface area contributed by atoms with Gasteiger partial charge in [0.05, 0.1) is 10.7 Å². The Kier molecular flexibility index (Phi) is 2.50. The zero-order valence-electron chi connectivity index (χ0n) is 7.98. The summed E-state index contributed by atoms with van der Waals surface area (Å²) in [6, 6.07) is 4.71. The fourth-order valence-electron chi connectivity index (χ4n) is 1.32. The van der Waals surface area contributed by atoms with Crippen LogP contribution < -0.4 is 5.73 Å². The van der Waals surface area contributed by atoms with Gasteiger partial charge in [-0.2, -0.15) is 5.26 Å². The topological polar surface area (TPSA) is 67.6 Å². The third-order valence-electron chi connectivity index (χ3n) is 2.06. The summed E-state index contributed by atoms with van der Waals surface area (Å²) in [7, 11) is 0. The van der Waals surface area contributed by atoms with E-state index in [4.69, 9.17) is 22.6 Å². The van der Waals surface area contributed by atoms with Crippen molar-refractivity contribution in [3.05, 3.63) is 41.2 Å². The van der Waals surface area contributed by atoms with Crippen LogP contribution in [-0.4, -0.2) is 9.55 Å². The van der Waals surface area contributed by atoms with Crippen LogP contribution in [0.15, 0.2) is 24.7 Å². The molecule has 2 N–H and O–H groups in total. The highest BCUT2D eigenvalue weighted by atomic mass is 35.5.